The third kappa shape index (κ3) is 3.24. The number of hydrogen-bond donors (Lipinski definition) is 2. The fourth-order valence-corrected chi connectivity index (χ4v) is 3.11. The van der Waals surface area contributed by atoms with Crippen molar-refractivity contribution in [3.63, 3.8) is 0 Å². The predicted octanol–water partition coefficient (Wildman–Crippen LogP) is 2.88. The first-order valence-corrected chi connectivity index (χ1v) is 7.99. The van der Waals surface area contributed by atoms with Crippen LogP contribution in [0.25, 0.3) is 0 Å². The second-order valence-electron chi connectivity index (χ2n) is 5.20. The summed E-state index contributed by atoms with van der Waals surface area (Å²) >= 11 is 9.41. The number of nitrogens with zero attached hydrogens (tertiary/aromatic N) is 3. The number of anilines is 1. The molecular formula is C13H17BrClN5. The van der Waals surface area contributed by atoms with Gasteiger partial charge in [-0.2, -0.15) is 5.10 Å². The van der Waals surface area contributed by atoms with Crippen molar-refractivity contribution in [2.45, 2.75) is 25.3 Å². The van der Waals surface area contributed by atoms with Crippen molar-refractivity contribution in [3.05, 3.63) is 21.8 Å². The Labute approximate surface area is 131 Å². The first-order chi connectivity index (χ1) is 9.72. The summed E-state index contributed by atoms with van der Waals surface area (Å²) in [5, 5.41) is 10.4. The molecule has 1 fully saturated rings. The minimum absolute atomic E-state index is 0.516. The molecule has 5 nitrogen and oxygen atoms in total. The van der Waals surface area contributed by atoms with Crippen molar-refractivity contribution in [2.75, 3.05) is 18.4 Å². The Hall–Kier alpha value is -0.850. The Morgan fingerprint density at radius 2 is 2.40 bits per heavy atom. The number of nitrogens with one attached hydrogen (secondary N) is 2. The third-order valence-corrected chi connectivity index (χ3v) is 4.96. The molecule has 2 heterocycles. The van der Waals surface area contributed by atoms with E-state index in [0.29, 0.717) is 17.0 Å². The largest absolute Gasteiger partial charge is 0.370 e. The van der Waals surface area contributed by atoms with Crippen LogP contribution < -0.4 is 10.7 Å². The van der Waals surface area contributed by atoms with Gasteiger partial charge in [0.2, 0.25) is 0 Å². The smallest absolute Gasteiger partial charge is 0.127 e. The van der Waals surface area contributed by atoms with Crippen molar-refractivity contribution >= 4 is 39.6 Å². The summed E-state index contributed by atoms with van der Waals surface area (Å²) in [6, 6.07) is 2.37. The van der Waals surface area contributed by atoms with Crippen molar-refractivity contribution in [3.8, 4) is 0 Å². The Kier molecular flexibility index (Phi) is 4.43. The summed E-state index contributed by atoms with van der Waals surface area (Å²) in [5.74, 6) is 1.49. The fraction of sp³-hybridized carbons (Fsp3) is 0.538. The maximum Gasteiger partial charge on any atom is 0.127 e. The highest BCUT2D eigenvalue weighted by atomic mass is 79.9. The van der Waals surface area contributed by atoms with Crippen molar-refractivity contribution in [1.29, 1.82) is 0 Å². The number of aromatic nitrogens is 1. The van der Waals surface area contributed by atoms with Crippen LogP contribution in [0.5, 0.6) is 0 Å². The standard InChI is InChI=1S/C13H17BrClN5/c14-11-8-17-13(6-12(11)15)16-7-9-1-2-10(5-9)20-18-3-4-19-20/h3,6,8-10,19H,1-2,4-5,7H2,(H,16,17). The first kappa shape index (κ1) is 14.1. The van der Waals surface area contributed by atoms with E-state index in [0.717, 1.165) is 29.8 Å². The number of hydrogen-bond acceptors (Lipinski definition) is 5. The normalized spacial score (nSPS) is 25.4. The lowest BCUT2D eigenvalue weighted by Crippen LogP contribution is -2.37. The number of hydrazone groups is 1. The summed E-state index contributed by atoms with van der Waals surface area (Å²) in [4.78, 5) is 4.31. The van der Waals surface area contributed by atoms with E-state index in [-0.39, 0.29) is 0 Å². The molecule has 1 aromatic heterocycles. The molecule has 2 unspecified atom stereocenters. The van der Waals surface area contributed by atoms with Crippen LogP contribution in [-0.2, 0) is 0 Å². The molecule has 0 radical (unpaired) electrons. The van der Waals surface area contributed by atoms with Crippen LogP contribution >= 0.6 is 27.5 Å². The van der Waals surface area contributed by atoms with Gasteiger partial charge in [0.25, 0.3) is 0 Å². The predicted molar refractivity (Wildman–Crippen MR) is 84.9 cm³/mol. The maximum atomic E-state index is 6.06. The number of rotatable bonds is 4. The van der Waals surface area contributed by atoms with Crippen molar-refractivity contribution < 1.29 is 0 Å². The number of halogens is 2. The molecule has 20 heavy (non-hydrogen) atoms. The van der Waals surface area contributed by atoms with E-state index in [1.54, 1.807) is 6.20 Å². The van der Waals surface area contributed by atoms with E-state index in [1.165, 1.54) is 12.8 Å². The van der Waals surface area contributed by atoms with E-state index >= 15 is 0 Å². The molecule has 0 aromatic carbocycles. The van der Waals surface area contributed by atoms with Crippen LogP contribution in [0.1, 0.15) is 19.3 Å². The third-order valence-electron chi connectivity index (χ3n) is 3.79. The van der Waals surface area contributed by atoms with Crippen LogP contribution in [-0.4, -0.2) is 35.4 Å². The molecule has 7 heteroatoms. The molecule has 0 amide bonds. The zero-order valence-electron chi connectivity index (χ0n) is 11.0. The van der Waals surface area contributed by atoms with E-state index < -0.39 is 0 Å². The summed E-state index contributed by atoms with van der Waals surface area (Å²) in [6.45, 7) is 1.78. The van der Waals surface area contributed by atoms with Gasteiger partial charge in [0.15, 0.2) is 0 Å². The quantitative estimate of drug-likeness (QED) is 0.869. The molecule has 0 spiro atoms. The SMILES string of the molecule is Clc1cc(NCC2CCC(N3N=CCN3)C2)ncc1Br. The van der Waals surface area contributed by atoms with Crippen LogP contribution in [0.4, 0.5) is 5.82 Å². The van der Waals surface area contributed by atoms with Gasteiger partial charge in [0.1, 0.15) is 5.82 Å². The van der Waals surface area contributed by atoms with Crippen LogP contribution in [0.3, 0.4) is 0 Å². The maximum absolute atomic E-state index is 6.06. The highest BCUT2D eigenvalue weighted by Crippen LogP contribution is 2.30. The average Bonchev–Trinajstić information content (AvgIpc) is 3.09. The number of pyridine rings is 1. The summed E-state index contributed by atoms with van der Waals surface area (Å²) in [6.07, 6.45) is 7.20. The van der Waals surface area contributed by atoms with Gasteiger partial charge in [0, 0.05) is 25.0 Å². The topological polar surface area (TPSA) is 52.5 Å². The second kappa shape index (κ2) is 6.28. The molecule has 2 aliphatic rings. The van der Waals surface area contributed by atoms with Gasteiger partial charge >= 0.3 is 0 Å². The lowest BCUT2D eigenvalue weighted by molar-refractivity contribution is 0.155. The average molecular weight is 359 g/mol. The lowest BCUT2D eigenvalue weighted by Gasteiger charge is -2.22. The molecule has 1 aliphatic carbocycles. The van der Waals surface area contributed by atoms with Crippen LogP contribution in [0, 0.1) is 5.92 Å². The molecule has 2 N–H and O–H groups in total. The van der Waals surface area contributed by atoms with Crippen molar-refractivity contribution in [1.82, 2.24) is 15.5 Å². The molecule has 1 aromatic rings. The van der Waals surface area contributed by atoms with Crippen LogP contribution in [0.15, 0.2) is 21.8 Å². The molecule has 108 valence electrons. The van der Waals surface area contributed by atoms with Crippen LogP contribution in [0.2, 0.25) is 5.02 Å². The Morgan fingerprint density at radius 1 is 1.50 bits per heavy atom. The van der Waals surface area contributed by atoms with Gasteiger partial charge in [-0.25, -0.2) is 15.5 Å². The van der Waals surface area contributed by atoms with Gasteiger partial charge in [-0.05, 0) is 41.1 Å². The van der Waals surface area contributed by atoms with Gasteiger partial charge in [-0.15, -0.1) is 0 Å². The molecule has 3 rings (SSSR count). The first-order valence-electron chi connectivity index (χ1n) is 6.82. The summed E-state index contributed by atoms with van der Waals surface area (Å²) in [5.41, 5.74) is 3.26. The van der Waals surface area contributed by atoms with Crippen molar-refractivity contribution in [2.24, 2.45) is 11.0 Å². The zero-order chi connectivity index (χ0) is 13.9. The lowest BCUT2D eigenvalue weighted by atomic mass is 10.1. The Morgan fingerprint density at radius 3 is 3.15 bits per heavy atom. The molecule has 0 bridgehead atoms. The molecular weight excluding hydrogens is 342 g/mol. The zero-order valence-corrected chi connectivity index (χ0v) is 13.4. The molecule has 0 saturated heterocycles. The minimum Gasteiger partial charge on any atom is -0.370 e. The highest BCUT2D eigenvalue weighted by Gasteiger charge is 2.29. The fourth-order valence-electron chi connectivity index (χ4n) is 2.74. The van der Waals surface area contributed by atoms with Gasteiger partial charge in [0.05, 0.1) is 22.1 Å². The van der Waals surface area contributed by atoms with Gasteiger partial charge in [-0.1, -0.05) is 11.6 Å². The van der Waals surface area contributed by atoms with Gasteiger partial charge in [-0.3, -0.25) is 0 Å². The summed E-state index contributed by atoms with van der Waals surface area (Å²) in [7, 11) is 0. The molecule has 1 saturated carbocycles. The second-order valence-corrected chi connectivity index (χ2v) is 6.46. The van der Waals surface area contributed by atoms with Gasteiger partial charge < -0.3 is 5.32 Å². The Balaban J connectivity index is 1.49. The monoisotopic (exact) mass is 357 g/mol. The molecule has 2 atom stereocenters. The Bertz CT molecular complexity index is 510. The van der Waals surface area contributed by atoms with E-state index in [2.05, 4.69) is 36.8 Å². The van der Waals surface area contributed by atoms with E-state index in [9.17, 15) is 0 Å². The van der Waals surface area contributed by atoms with E-state index in [4.69, 9.17) is 11.6 Å². The summed E-state index contributed by atoms with van der Waals surface area (Å²) < 4.78 is 0.823. The minimum atomic E-state index is 0.516. The number of hydrazine groups is 1. The highest BCUT2D eigenvalue weighted by molar-refractivity contribution is 9.10. The molecule has 1 aliphatic heterocycles. The van der Waals surface area contributed by atoms with E-state index in [1.807, 2.05) is 17.4 Å².